The van der Waals surface area contributed by atoms with E-state index in [1.807, 2.05) is 6.92 Å². The van der Waals surface area contributed by atoms with Crippen molar-refractivity contribution in [1.82, 2.24) is 9.13 Å². The average molecular weight is 396 g/mol. The van der Waals surface area contributed by atoms with Gasteiger partial charge in [-0.05, 0) is 32.6 Å². The molecule has 0 fully saturated rings. The zero-order valence-electron chi connectivity index (χ0n) is 11.2. The molecule has 1 heterocycles. The van der Waals surface area contributed by atoms with Crippen molar-refractivity contribution in [3.05, 3.63) is 32.6 Å². The van der Waals surface area contributed by atoms with Crippen LogP contribution in [0, 0.1) is 6.92 Å². The molecule has 0 atom stereocenters. The van der Waals surface area contributed by atoms with Gasteiger partial charge in [0, 0.05) is 35.5 Å². The number of alkyl halides is 2. The first-order chi connectivity index (χ1) is 9.11. The van der Waals surface area contributed by atoms with Gasteiger partial charge in [0.1, 0.15) is 0 Å². The summed E-state index contributed by atoms with van der Waals surface area (Å²) in [5, 5.41) is 1.83. The van der Waals surface area contributed by atoms with Gasteiger partial charge in [0.05, 0.1) is 0 Å². The van der Waals surface area contributed by atoms with Crippen molar-refractivity contribution in [2.24, 2.45) is 0 Å². The SMILES string of the molecule is Cc1cc(=O)n(CCCCBr)c(=O)n1CCCCBr. The fourth-order valence-corrected chi connectivity index (χ4v) is 2.73. The Morgan fingerprint density at radius 1 is 0.947 bits per heavy atom. The first-order valence-corrected chi connectivity index (χ1v) is 8.79. The molecule has 1 rings (SSSR count). The van der Waals surface area contributed by atoms with Crippen LogP contribution >= 0.6 is 31.9 Å². The van der Waals surface area contributed by atoms with Gasteiger partial charge in [-0.1, -0.05) is 31.9 Å². The predicted octanol–water partition coefficient (Wildman–Crippen LogP) is 2.67. The van der Waals surface area contributed by atoms with E-state index in [0.717, 1.165) is 42.0 Å². The number of unbranched alkanes of at least 4 members (excludes halogenated alkanes) is 2. The van der Waals surface area contributed by atoms with Crippen LogP contribution in [0.25, 0.3) is 0 Å². The predicted molar refractivity (Wildman–Crippen MR) is 85.8 cm³/mol. The average Bonchev–Trinajstić information content (AvgIpc) is 2.37. The quantitative estimate of drug-likeness (QED) is 0.501. The second kappa shape index (κ2) is 8.74. The minimum atomic E-state index is -0.186. The highest BCUT2D eigenvalue weighted by Crippen LogP contribution is 2.00. The molecule has 0 aliphatic heterocycles. The Balaban J connectivity index is 2.95. The van der Waals surface area contributed by atoms with Crippen LogP contribution in [0.15, 0.2) is 15.7 Å². The normalized spacial score (nSPS) is 10.9. The summed E-state index contributed by atoms with van der Waals surface area (Å²) in [5.41, 5.74) is 0.393. The van der Waals surface area contributed by atoms with E-state index in [4.69, 9.17) is 0 Å². The van der Waals surface area contributed by atoms with Crippen LogP contribution < -0.4 is 11.2 Å². The Morgan fingerprint density at radius 3 is 2.00 bits per heavy atom. The summed E-state index contributed by atoms with van der Waals surface area (Å²) in [4.78, 5) is 24.2. The molecule has 0 N–H and O–H groups in total. The van der Waals surface area contributed by atoms with E-state index >= 15 is 0 Å². The Hall–Kier alpha value is -0.360. The largest absolute Gasteiger partial charge is 0.331 e. The Kier molecular flexibility index (Phi) is 7.68. The molecule has 0 amide bonds. The molecule has 0 bridgehead atoms. The third kappa shape index (κ3) is 4.91. The third-order valence-corrected chi connectivity index (χ3v) is 4.14. The first kappa shape index (κ1) is 16.7. The fourth-order valence-electron chi connectivity index (χ4n) is 1.93. The van der Waals surface area contributed by atoms with E-state index < -0.39 is 0 Å². The summed E-state index contributed by atoms with van der Waals surface area (Å²) in [6, 6.07) is 1.56. The van der Waals surface area contributed by atoms with Crippen LogP contribution in [0.1, 0.15) is 31.4 Å². The van der Waals surface area contributed by atoms with E-state index in [2.05, 4.69) is 31.9 Å². The number of nitrogens with zero attached hydrogens (tertiary/aromatic N) is 2. The molecule has 0 saturated carbocycles. The number of halogens is 2. The summed E-state index contributed by atoms with van der Waals surface area (Å²) < 4.78 is 3.06. The van der Waals surface area contributed by atoms with E-state index in [-0.39, 0.29) is 11.2 Å². The lowest BCUT2D eigenvalue weighted by Crippen LogP contribution is -2.40. The van der Waals surface area contributed by atoms with Gasteiger partial charge in [-0.2, -0.15) is 0 Å². The molecule has 0 radical (unpaired) electrons. The van der Waals surface area contributed by atoms with Gasteiger partial charge < -0.3 is 0 Å². The highest BCUT2D eigenvalue weighted by molar-refractivity contribution is 9.09. The molecular weight excluding hydrogens is 376 g/mol. The minimum absolute atomic E-state index is 0.172. The maximum atomic E-state index is 12.3. The van der Waals surface area contributed by atoms with E-state index in [1.54, 1.807) is 10.6 Å². The molecule has 108 valence electrons. The van der Waals surface area contributed by atoms with Crippen LogP contribution in [-0.2, 0) is 13.1 Å². The van der Waals surface area contributed by atoms with Crippen LogP contribution in [0.4, 0.5) is 0 Å². The Morgan fingerprint density at radius 2 is 1.47 bits per heavy atom. The standard InChI is InChI=1S/C13H20Br2N2O2/c1-11-10-12(18)17(9-5-3-7-15)13(19)16(11)8-4-2-6-14/h10H,2-9H2,1H3. The van der Waals surface area contributed by atoms with Crippen LogP contribution in [0.3, 0.4) is 0 Å². The smallest absolute Gasteiger partial charge is 0.298 e. The molecular formula is C13H20Br2N2O2. The summed E-state index contributed by atoms with van der Waals surface area (Å²) in [6.07, 6.45) is 3.76. The van der Waals surface area contributed by atoms with Gasteiger partial charge in [0.15, 0.2) is 0 Å². The molecule has 1 aromatic rings. The molecule has 0 aliphatic rings. The summed E-state index contributed by atoms with van der Waals surface area (Å²) in [5.74, 6) is 0. The lowest BCUT2D eigenvalue weighted by Gasteiger charge is -2.12. The van der Waals surface area contributed by atoms with Gasteiger partial charge in [-0.25, -0.2) is 4.79 Å². The van der Waals surface area contributed by atoms with Gasteiger partial charge >= 0.3 is 5.69 Å². The molecule has 0 saturated heterocycles. The van der Waals surface area contributed by atoms with Gasteiger partial charge in [0.25, 0.3) is 5.56 Å². The molecule has 6 heteroatoms. The van der Waals surface area contributed by atoms with Gasteiger partial charge in [-0.3, -0.25) is 13.9 Å². The van der Waals surface area contributed by atoms with Crippen LogP contribution in [-0.4, -0.2) is 19.8 Å². The molecule has 4 nitrogen and oxygen atoms in total. The lowest BCUT2D eigenvalue weighted by atomic mass is 10.3. The summed E-state index contributed by atoms with van der Waals surface area (Å²) in [6.45, 7) is 3.00. The molecule has 0 spiro atoms. The second-order valence-electron chi connectivity index (χ2n) is 4.50. The summed E-state index contributed by atoms with van der Waals surface area (Å²) >= 11 is 6.73. The van der Waals surface area contributed by atoms with Crippen molar-refractivity contribution in [1.29, 1.82) is 0 Å². The van der Waals surface area contributed by atoms with Crippen molar-refractivity contribution in [2.75, 3.05) is 10.7 Å². The molecule has 1 aromatic heterocycles. The second-order valence-corrected chi connectivity index (χ2v) is 6.09. The van der Waals surface area contributed by atoms with Gasteiger partial charge in [-0.15, -0.1) is 0 Å². The van der Waals surface area contributed by atoms with Gasteiger partial charge in [0.2, 0.25) is 0 Å². The van der Waals surface area contributed by atoms with Crippen molar-refractivity contribution >= 4 is 31.9 Å². The number of aryl methyl sites for hydroxylation is 1. The van der Waals surface area contributed by atoms with Crippen molar-refractivity contribution < 1.29 is 0 Å². The van der Waals surface area contributed by atoms with Crippen LogP contribution in [0.5, 0.6) is 0 Å². The third-order valence-electron chi connectivity index (χ3n) is 3.02. The lowest BCUT2D eigenvalue weighted by molar-refractivity contribution is 0.510. The molecule has 0 aromatic carbocycles. The zero-order chi connectivity index (χ0) is 14.3. The number of hydrogen-bond donors (Lipinski definition) is 0. The van der Waals surface area contributed by atoms with Crippen LogP contribution in [0.2, 0.25) is 0 Å². The molecule has 0 unspecified atom stereocenters. The Bertz CT molecular complexity index is 508. The van der Waals surface area contributed by atoms with Crippen molar-refractivity contribution in [2.45, 2.75) is 45.7 Å². The molecule has 19 heavy (non-hydrogen) atoms. The number of hydrogen-bond acceptors (Lipinski definition) is 2. The monoisotopic (exact) mass is 394 g/mol. The highest BCUT2D eigenvalue weighted by Gasteiger charge is 2.08. The highest BCUT2D eigenvalue weighted by atomic mass is 79.9. The zero-order valence-corrected chi connectivity index (χ0v) is 14.4. The topological polar surface area (TPSA) is 44.0 Å². The molecule has 0 aliphatic carbocycles. The maximum Gasteiger partial charge on any atom is 0.331 e. The maximum absolute atomic E-state index is 12.3. The van der Waals surface area contributed by atoms with Crippen molar-refractivity contribution in [3.63, 3.8) is 0 Å². The van der Waals surface area contributed by atoms with Crippen molar-refractivity contribution in [3.8, 4) is 0 Å². The van der Waals surface area contributed by atoms with E-state index in [0.29, 0.717) is 13.1 Å². The number of rotatable bonds is 8. The summed E-state index contributed by atoms with van der Waals surface area (Å²) in [7, 11) is 0. The van der Waals surface area contributed by atoms with E-state index in [9.17, 15) is 9.59 Å². The Labute approximate surface area is 130 Å². The first-order valence-electron chi connectivity index (χ1n) is 6.55. The fraction of sp³-hybridized carbons (Fsp3) is 0.692. The van der Waals surface area contributed by atoms with E-state index in [1.165, 1.54) is 4.57 Å². The minimum Gasteiger partial charge on any atom is -0.298 e. The number of aromatic nitrogens is 2.